The minimum absolute atomic E-state index is 0.0695. The van der Waals surface area contributed by atoms with Gasteiger partial charge in [0.15, 0.2) is 0 Å². The zero-order valence-corrected chi connectivity index (χ0v) is 14.2. The molecule has 0 spiro atoms. The topological polar surface area (TPSA) is 44.7 Å². The SMILES string of the molecule is CC(=O)Nc1ccc(N=Cc2ccc(N3CCCC3)cc2C)cc1. The first-order valence-corrected chi connectivity index (χ1v) is 8.39. The maximum Gasteiger partial charge on any atom is 0.221 e. The molecule has 0 atom stereocenters. The van der Waals surface area contributed by atoms with Gasteiger partial charge in [0.2, 0.25) is 5.91 Å². The summed E-state index contributed by atoms with van der Waals surface area (Å²) in [4.78, 5) is 18.0. The molecule has 1 N–H and O–H groups in total. The number of carbonyl (C=O) groups excluding carboxylic acids is 1. The lowest BCUT2D eigenvalue weighted by Gasteiger charge is -2.18. The van der Waals surface area contributed by atoms with Crippen molar-refractivity contribution >= 4 is 29.2 Å². The van der Waals surface area contributed by atoms with Crippen molar-refractivity contribution in [1.82, 2.24) is 0 Å². The van der Waals surface area contributed by atoms with Crippen LogP contribution in [0.4, 0.5) is 17.1 Å². The molecule has 0 unspecified atom stereocenters. The van der Waals surface area contributed by atoms with Crippen LogP contribution in [-0.2, 0) is 4.79 Å². The number of hydrogen-bond donors (Lipinski definition) is 1. The van der Waals surface area contributed by atoms with Gasteiger partial charge < -0.3 is 10.2 Å². The number of aryl methyl sites for hydroxylation is 1. The highest BCUT2D eigenvalue weighted by atomic mass is 16.1. The Hall–Kier alpha value is -2.62. The molecule has 1 amide bonds. The Bertz CT molecular complexity index is 744. The van der Waals surface area contributed by atoms with Crippen molar-refractivity contribution in [3.63, 3.8) is 0 Å². The third kappa shape index (κ3) is 4.02. The normalized spacial score (nSPS) is 14.3. The van der Waals surface area contributed by atoms with Crippen molar-refractivity contribution < 1.29 is 4.79 Å². The van der Waals surface area contributed by atoms with Crippen molar-refractivity contribution in [3.8, 4) is 0 Å². The minimum atomic E-state index is -0.0695. The number of nitrogens with one attached hydrogen (secondary N) is 1. The third-order valence-electron chi connectivity index (χ3n) is 4.26. The number of benzene rings is 2. The number of amides is 1. The first kappa shape index (κ1) is 16.2. The van der Waals surface area contributed by atoms with Crippen LogP contribution in [0.15, 0.2) is 47.5 Å². The summed E-state index contributed by atoms with van der Waals surface area (Å²) < 4.78 is 0. The summed E-state index contributed by atoms with van der Waals surface area (Å²) in [5.74, 6) is -0.0695. The van der Waals surface area contributed by atoms with E-state index in [9.17, 15) is 4.79 Å². The Morgan fingerprint density at radius 2 is 1.83 bits per heavy atom. The van der Waals surface area contributed by atoms with Crippen LogP contribution in [0.3, 0.4) is 0 Å². The number of aliphatic imine (C=N–C) groups is 1. The second-order valence-electron chi connectivity index (χ2n) is 6.22. The van der Waals surface area contributed by atoms with Gasteiger partial charge in [0.05, 0.1) is 5.69 Å². The fraction of sp³-hybridized carbons (Fsp3) is 0.300. The Kier molecular flexibility index (Phi) is 4.94. The van der Waals surface area contributed by atoms with E-state index < -0.39 is 0 Å². The lowest BCUT2D eigenvalue weighted by Crippen LogP contribution is -2.17. The second kappa shape index (κ2) is 7.30. The van der Waals surface area contributed by atoms with E-state index in [-0.39, 0.29) is 5.91 Å². The molecule has 1 saturated heterocycles. The van der Waals surface area contributed by atoms with E-state index in [4.69, 9.17) is 0 Å². The first-order chi connectivity index (χ1) is 11.6. The van der Waals surface area contributed by atoms with Crippen molar-refractivity contribution in [2.45, 2.75) is 26.7 Å². The van der Waals surface area contributed by atoms with Crippen LogP contribution in [0, 0.1) is 6.92 Å². The van der Waals surface area contributed by atoms with Gasteiger partial charge in [-0.3, -0.25) is 9.79 Å². The predicted molar refractivity (Wildman–Crippen MR) is 101 cm³/mol. The lowest BCUT2D eigenvalue weighted by atomic mass is 10.1. The zero-order chi connectivity index (χ0) is 16.9. The van der Waals surface area contributed by atoms with E-state index in [0.717, 1.165) is 30.0 Å². The van der Waals surface area contributed by atoms with Gasteiger partial charge in [-0.2, -0.15) is 0 Å². The van der Waals surface area contributed by atoms with Crippen molar-refractivity contribution in [1.29, 1.82) is 0 Å². The average molecular weight is 321 g/mol. The van der Waals surface area contributed by atoms with E-state index >= 15 is 0 Å². The molecule has 3 rings (SSSR count). The molecule has 24 heavy (non-hydrogen) atoms. The molecule has 0 aromatic heterocycles. The molecule has 1 heterocycles. The van der Waals surface area contributed by atoms with Crippen molar-refractivity contribution in [2.75, 3.05) is 23.3 Å². The van der Waals surface area contributed by atoms with Gasteiger partial charge in [-0.1, -0.05) is 6.07 Å². The Morgan fingerprint density at radius 1 is 1.12 bits per heavy atom. The van der Waals surface area contributed by atoms with Crippen LogP contribution < -0.4 is 10.2 Å². The van der Waals surface area contributed by atoms with Crippen LogP contribution in [0.2, 0.25) is 0 Å². The van der Waals surface area contributed by atoms with Gasteiger partial charge in [0, 0.05) is 37.6 Å². The molecular formula is C20H23N3O. The van der Waals surface area contributed by atoms with Crippen LogP contribution in [0.25, 0.3) is 0 Å². The van der Waals surface area contributed by atoms with Crippen LogP contribution >= 0.6 is 0 Å². The molecule has 1 aliphatic heterocycles. The molecule has 124 valence electrons. The smallest absolute Gasteiger partial charge is 0.221 e. The van der Waals surface area contributed by atoms with Gasteiger partial charge in [-0.25, -0.2) is 0 Å². The number of rotatable bonds is 4. The number of hydrogen-bond acceptors (Lipinski definition) is 3. The van der Waals surface area contributed by atoms with Crippen LogP contribution in [-0.4, -0.2) is 25.2 Å². The molecule has 0 aliphatic carbocycles. The van der Waals surface area contributed by atoms with Gasteiger partial charge in [0.25, 0.3) is 0 Å². The largest absolute Gasteiger partial charge is 0.372 e. The Labute approximate surface area is 143 Å². The molecule has 2 aromatic carbocycles. The van der Waals surface area contributed by atoms with Gasteiger partial charge in [-0.05, 0) is 67.3 Å². The van der Waals surface area contributed by atoms with Crippen LogP contribution in [0.5, 0.6) is 0 Å². The van der Waals surface area contributed by atoms with Gasteiger partial charge >= 0.3 is 0 Å². The monoisotopic (exact) mass is 321 g/mol. The number of carbonyl (C=O) groups is 1. The van der Waals surface area contributed by atoms with Crippen molar-refractivity contribution in [2.24, 2.45) is 4.99 Å². The van der Waals surface area contributed by atoms with Crippen LogP contribution in [0.1, 0.15) is 30.9 Å². The Balaban J connectivity index is 1.70. The lowest BCUT2D eigenvalue weighted by molar-refractivity contribution is -0.114. The molecule has 4 heteroatoms. The molecule has 0 saturated carbocycles. The maximum atomic E-state index is 11.0. The van der Waals surface area contributed by atoms with E-state index in [2.05, 4.69) is 40.3 Å². The summed E-state index contributed by atoms with van der Waals surface area (Å²) >= 11 is 0. The highest BCUT2D eigenvalue weighted by Crippen LogP contribution is 2.23. The van der Waals surface area contributed by atoms with E-state index in [1.165, 1.54) is 31.0 Å². The molecule has 1 fully saturated rings. The molecule has 4 nitrogen and oxygen atoms in total. The van der Waals surface area contributed by atoms with Crippen molar-refractivity contribution in [3.05, 3.63) is 53.6 Å². The van der Waals surface area contributed by atoms with Gasteiger partial charge in [0.1, 0.15) is 0 Å². The fourth-order valence-electron chi connectivity index (χ4n) is 2.95. The highest BCUT2D eigenvalue weighted by molar-refractivity contribution is 5.89. The zero-order valence-electron chi connectivity index (χ0n) is 14.2. The summed E-state index contributed by atoms with van der Waals surface area (Å²) in [7, 11) is 0. The quantitative estimate of drug-likeness (QED) is 0.853. The summed E-state index contributed by atoms with van der Waals surface area (Å²) in [6, 6.07) is 14.1. The highest BCUT2D eigenvalue weighted by Gasteiger charge is 2.12. The Morgan fingerprint density at radius 3 is 2.46 bits per heavy atom. The molecule has 0 bridgehead atoms. The first-order valence-electron chi connectivity index (χ1n) is 8.39. The number of nitrogens with zero attached hydrogens (tertiary/aromatic N) is 2. The standard InChI is InChI=1S/C20H23N3O/c1-15-13-20(23-11-3-4-12-23)10-5-17(15)14-21-18-6-8-19(9-7-18)22-16(2)24/h5-10,13-14H,3-4,11-12H2,1-2H3,(H,22,24). The molecule has 1 aliphatic rings. The van der Waals surface area contributed by atoms with E-state index in [0.29, 0.717) is 0 Å². The van der Waals surface area contributed by atoms with E-state index in [1.54, 1.807) is 0 Å². The average Bonchev–Trinajstić information content (AvgIpc) is 3.09. The van der Waals surface area contributed by atoms with E-state index in [1.807, 2.05) is 30.5 Å². The maximum absolute atomic E-state index is 11.0. The number of anilines is 2. The molecular weight excluding hydrogens is 298 g/mol. The summed E-state index contributed by atoms with van der Waals surface area (Å²) in [6.45, 7) is 5.95. The molecule has 2 aromatic rings. The summed E-state index contributed by atoms with van der Waals surface area (Å²) in [5.41, 5.74) is 5.32. The predicted octanol–water partition coefficient (Wildman–Crippen LogP) is 4.30. The minimum Gasteiger partial charge on any atom is -0.372 e. The second-order valence-corrected chi connectivity index (χ2v) is 6.22. The molecule has 0 radical (unpaired) electrons. The fourth-order valence-corrected chi connectivity index (χ4v) is 2.95. The summed E-state index contributed by atoms with van der Waals surface area (Å²) in [6.07, 6.45) is 4.48. The third-order valence-corrected chi connectivity index (χ3v) is 4.26. The summed E-state index contributed by atoms with van der Waals surface area (Å²) in [5, 5.41) is 2.75. The van der Waals surface area contributed by atoms with Gasteiger partial charge in [-0.15, -0.1) is 0 Å².